The molecule has 1 rings (SSSR count). The number of benzene rings is 1. The minimum Gasteiger partial charge on any atom is -0.507 e. The average Bonchev–Trinajstić information content (AvgIpc) is 2.40. The van der Waals surface area contributed by atoms with Gasteiger partial charge in [0.1, 0.15) is 17.1 Å². The molecule has 0 saturated heterocycles. The summed E-state index contributed by atoms with van der Waals surface area (Å²) in [4.78, 5) is 23.2. The quantitative estimate of drug-likeness (QED) is 0.746. The average molecular weight is 283 g/mol. The van der Waals surface area contributed by atoms with Crippen molar-refractivity contribution in [3.8, 4) is 5.75 Å². The second-order valence-electron chi connectivity index (χ2n) is 4.61. The molecule has 0 aromatic heterocycles. The van der Waals surface area contributed by atoms with E-state index in [1.54, 1.807) is 13.8 Å². The predicted molar refractivity (Wildman–Crippen MR) is 71.0 cm³/mol. The third-order valence-corrected chi connectivity index (χ3v) is 3.61. The van der Waals surface area contributed by atoms with E-state index in [4.69, 9.17) is 0 Å². The molecule has 20 heavy (non-hydrogen) atoms. The Labute approximate surface area is 116 Å². The van der Waals surface area contributed by atoms with E-state index in [1.165, 1.54) is 12.1 Å². The highest BCUT2D eigenvalue weighted by Crippen LogP contribution is 2.26. The first kappa shape index (κ1) is 15.9. The normalized spacial score (nSPS) is 11.2. The van der Waals surface area contributed by atoms with E-state index >= 15 is 0 Å². The first-order valence-electron chi connectivity index (χ1n) is 6.37. The van der Waals surface area contributed by atoms with Gasteiger partial charge in [0, 0.05) is 6.54 Å². The minimum absolute atomic E-state index is 0.123. The largest absolute Gasteiger partial charge is 0.507 e. The van der Waals surface area contributed by atoms with Gasteiger partial charge in [-0.05, 0) is 25.0 Å². The zero-order valence-electron chi connectivity index (χ0n) is 11.4. The molecule has 1 aromatic carbocycles. The van der Waals surface area contributed by atoms with Crippen molar-refractivity contribution in [3.05, 3.63) is 29.6 Å². The van der Waals surface area contributed by atoms with Crippen LogP contribution in [0.5, 0.6) is 5.75 Å². The third kappa shape index (κ3) is 3.07. The molecule has 0 spiro atoms. The summed E-state index contributed by atoms with van der Waals surface area (Å²) in [5.74, 6) is -3.17. The molecule has 1 amide bonds. The van der Waals surface area contributed by atoms with Crippen molar-refractivity contribution in [2.45, 2.75) is 26.7 Å². The molecule has 5 nitrogen and oxygen atoms in total. The highest BCUT2D eigenvalue weighted by Gasteiger charge is 2.35. The van der Waals surface area contributed by atoms with Gasteiger partial charge >= 0.3 is 5.97 Å². The topological polar surface area (TPSA) is 86.6 Å². The molecule has 0 fully saturated rings. The molecule has 0 bridgehead atoms. The van der Waals surface area contributed by atoms with Crippen LogP contribution in [0, 0.1) is 11.2 Å². The Bertz CT molecular complexity index is 492. The smallest absolute Gasteiger partial charge is 0.311 e. The lowest BCUT2D eigenvalue weighted by molar-refractivity contribution is -0.149. The molecule has 0 saturated carbocycles. The highest BCUT2D eigenvalue weighted by molar-refractivity contribution is 5.97. The third-order valence-electron chi connectivity index (χ3n) is 3.61. The number of rotatable bonds is 6. The van der Waals surface area contributed by atoms with Gasteiger partial charge in [-0.2, -0.15) is 0 Å². The van der Waals surface area contributed by atoms with Gasteiger partial charge in [-0.1, -0.05) is 19.9 Å². The monoisotopic (exact) mass is 283 g/mol. The Hall–Kier alpha value is -2.11. The number of amides is 1. The van der Waals surface area contributed by atoms with Crippen LogP contribution in [0.2, 0.25) is 0 Å². The first-order chi connectivity index (χ1) is 9.38. The lowest BCUT2D eigenvalue weighted by Gasteiger charge is -2.26. The minimum atomic E-state index is -1.09. The van der Waals surface area contributed by atoms with E-state index in [0.29, 0.717) is 12.8 Å². The van der Waals surface area contributed by atoms with E-state index in [2.05, 4.69) is 5.32 Å². The van der Waals surface area contributed by atoms with Crippen molar-refractivity contribution < 1.29 is 24.2 Å². The molecule has 0 unspecified atom stereocenters. The van der Waals surface area contributed by atoms with Crippen LogP contribution in [0.1, 0.15) is 37.0 Å². The number of carbonyl (C=O) groups is 2. The van der Waals surface area contributed by atoms with Crippen LogP contribution >= 0.6 is 0 Å². The molecule has 0 aliphatic carbocycles. The number of phenolic OH excluding ortho intramolecular Hbond substituents is 1. The second-order valence-corrected chi connectivity index (χ2v) is 4.61. The van der Waals surface area contributed by atoms with Crippen LogP contribution in [-0.4, -0.2) is 28.6 Å². The number of aromatic hydroxyl groups is 1. The van der Waals surface area contributed by atoms with Gasteiger partial charge in [0.15, 0.2) is 0 Å². The predicted octanol–water partition coefficient (Wildman–Crippen LogP) is 2.15. The number of hydrogen-bond acceptors (Lipinski definition) is 3. The fraction of sp³-hybridized carbons (Fsp3) is 0.429. The SMILES string of the molecule is CCC(CC)(CNC(=O)c1c(O)cccc1F)C(=O)O. The second kappa shape index (κ2) is 6.36. The molecule has 3 N–H and O–H groups in total. The zero-order valence-corrected chi connectivity index (χ0v) is 11.4. The maximum absolute atomic E-state index is 13.5. The lowest BCUT2D eigenvalue weighted by Crippen LogP contribution is -2.42. The summed E-state index contributed by atoms with van der Waals surface area (Å²) in [7, 11) is 0. The van der Waals surface area contributed by atoms with E-state index in [9.17, 15) is 24.2 Å². The van der Waals surface area contributed by atoms with Crippen molar-refractivity contribution in [2.75, 3.05) is 6.54 Å². The van der Waals surface area contributed by atoms with Gasteiger partial charge in [-0.3, -0.25) is 9.59 Å². The summed E-state index contributed by atoms with van der Waals surface area (Å²) in [5.41, 5.74) is -1.56. The van der Waals surface area contributed by atoms with Crippen molar-refractivity contribution in [2.24, 2.45) is 5.41 Å². The molecule has 0 radical (unpaired) electrons. The van der Waals surface area contributed by atoms with Crippen LogP contribution in [-0.2, 0) is 4.79 Å². The van der Waals surface area contributed by atoms with E-state index in [1.807, 2.05) is 0 Å². The molecule has 110 valence electrons. The maximum atomic E-state index is 13.5. The molecular weight excluding hydrogens is 265 g/mol. The summed E-state index contributed by atoms with van der Waals surface area (Å²) in [6, 6.07) is 3.53. The maximum Gasteiger partial charge on any atom is 0.311 e. The molecule has 1 aromatic rings. The zero-order chi connectivity index (χ0) is 15.3. The fourth-order valence-electron chi connectivity index (χ4n) is 1.95. The van der Waals surface area contributed by atoms with E-state index in [0.717, 1.165) is 6.07 Å². The fourth-order valence-corrected chi connectivity index (χ4v) is 1.95. The number of nitrogens with one attached hydrogen (secondary N) is 1. The molecule has 0 aliphatic rings. The number of hydrogen-bond donors (Lipinski definition) is 3. The summed E-state index contributed by atoms with van der Waals surface area (Å²) >= 11 is 0. The lowest BCUT2D eigenvalue weighted by atomic mass is 9.82. The van der Waals surface area contributed by atoms with Crippen LogP contribution in [0.25, 0.3) is 0 Å². The van der Waals surface area contributed by atoms with Crippen LogP contribution < -0.4 is 5.32 Å². The summed E-state index contributed by atoms with van der Waals surface area (Å²) in [6.45, 7) is 3.30. The van der Waals surface area contributed by atoms with Gasteiger partial charge in [-0.15, -0.1) is 0 Å². The Kier molecular flexibility index (Phi) is 5.07. The van der Waals surface area contributed by atoms with E-state index in [-0.39, 0.29) is 6.54 Å². The number of carbonyl (C=O) groups excluding carboxylic acids is 1. The van der Waals surface area contributed by atoms with Gasteiger partial charge < -0.3 is 15.5 Å². The number of carboxylic acids is 1. The molecule has 0 atom stereocenters. The van der Waals surface area contributed by atoms with Crippen molar-refractivity contribution >= 4 is 11.9 Å². The Morgan fingerprint density at radius 2 is 1.90 bits per heavy atom. The van der Waals surface area contributed by atoms with Gasteiger partial charge in [0.05, 0.1) is 5.41 Å². The highest BCUT2D eigenvalue weighted by atomic mass is 19.1. The summed E-state index contributed by atoms with van der Waals surface area (Å²) in [6.07, 6.45) is 0.671. The van der Waals surface area contributed by atoms with Crippen LogP contribution in [0.15, 0.2) is 18.2 Å². The summed E-state index contributed by atoms with van der Waals surface area (Å²) < 4.78 is 13.5. The summed E-state index contributed by atoms with van der Waals surface area (Å²) in [5, 5.41) is 21.1. The number of carboxylic acid groups (broad SMARTS) is 1. The number of aliphatic carboxylic acids is 1. The van der Waals surface area contributed by atoms with Crippen LogP contribution in [0.4, 0.5) is 4.39 Å². The molecule has 0 heterocycles. The molecule has 6 heteroatoms. The van der Waals surface area contributed by atoms with Gasteiger partial charge in [0.25, 0.3) is 5.91 Å². The van der Waals surface area contributed by atoms with Gasteiger partial charge in [-0.25, -0.2) is 4.39 Å². The Morgan fingerprint density at radius 1 is 1.30 bits per heavy atom. The van der Waals surface area contributed by atoms with Crippen molar-refractivity contribution in [1.82, 2.24) is 5.32 Å². The van der Waals surface area contributed by atoms with Crippen LogP contribution in [0.3, 0.4) is 0 Å². The van der Waals surface area contributed by atoms with E-state index < -0.39 is 34.4 Å². The standard InChI is InChI=1S/C14H18FNO4/c1-3-14(4-2,13(19)20)8-16-12(18)11-9(15)6-5-7-10(11)17/h5-7,17H,3-4,8H2,1-2H3,(H,16,18)(H,19,20). The Morgan fingerprint density at radius 3 is 2.35 bits per heavy atom. The number of phenols is 1. The van der Waals surface area contributed by atoms with Gasteiger partial charge in [0.2, 0.25) is 0 Å². The first-order valence-corrected chi connectivity index (χ1v) is 6.37. The molecular formula is C14H18FNO4. The van der Waals surface area contributed by atoms with Crippen molar-refractivity contribution in [3.63, 3.8) is 0 Å². The Balaban J connectivity index is 2.89. The molecule has 0 aliphatic heterocycles. The van der Waals surface area contributed by atoms with Crippen molar-refractivity contribution in [1.29, 1.82) is 0 Å². The number of halogens is 1.